The van der Waals surface area contributed by atoms with Gasteiger partial charge in [0.05, 0.1) is 5.56 Å². The number of benzene rings is 1. The fourth-order valence-electron chi connectivity index (χ4n) is 1.93. The molecule has 1 heterocycles. The number of nitrogens with zero attached hydrogens (tertiary/aromatic N) is 3. The Bertz CT molecular complexity index is 734. The normalized spacial score (nSPS) is 11.4. The molecule has 9 heteroatoms. The van der Waals surface area contributed by atoms with E-state index < -0.39 is 11.7 Å². The van der Waals surface area contributed by atoms with E-state index >= 15 is 0 Å². The molecule has 2 aromatic rings. The van der Waals surface area contributed by atoms with Gasteiger partial charge in [-0.3, -0.25) is 4.79 Å². The van der Waals surface area contributed by atoms with E-state index in [2.05, 4.69) is 20.6 Å². The van der Waals surface area contributed by atoms with Crippen molar-refractivity contribution in [3.8, 4) is 0 Å². The number of amides is 1. The number of hydrogen-bond donors (Lipinski definition) is 2. The van der Waals surface area contributed by atoms with Crippen molar-refractivity contribution < 1.29 is 18.0 Å². The number of likely N-dealkylation sites (N-methyl/N-ethyl adjacent to an activating group) is 1. The van der Waals surface area contributed by atoms with Crippen molar-refractivity contribution in [2.45, 2.75) is 6.18 Å². The molecule has 0 unspecified atom stereocenters. The van der Waals surface area contributed by atoms with Crippen LogP contribution >= 0.6 is 0 Å². The van der Waals surface area contributed by atoms with Crippen LogP contribution in [0.3, 0.4) is 0 Å². The van der Waals surface area contributed by atoms with Gasteiger partial charge in [-0.25, -0.2) is 9.97 Å². The first-order chi connectivity index (χ1) is 11.8. The highest BCUT2D eigenvalue weighted by molar-refractivity contribution is 5.92. The number of alkyl halides is 3. The molecule has 1 amide bonds. The molecule has 0 bridgehead atoms. The highest BCUT2D eigenvalue weighted by Gasteiger charge is 2.30. The lowest BCUT2D eigenvalue weighted by Gasteiger charge is -2.11. The molecule has 2 rings (SSSR count). The molecule has 6 nitrogen and oxygen atoms in total. The molecule has 0 saturated heterocycles. The summed E-state index contributed by atoms with van der Waals surface area (Å²) in [7, 11) is 3.77. The summed E-state index contributed by atoms with van der Waals surface area (Å²) in [6.45, 7) is 1.12. The van der Waals surface area contributed by atoms with Gasteiger partial charge in [0.25, 0.3) is 5.91 Å². The molecule has 0 spiro atoms. The van der Waals surface area contributed by atoms with Crippen LogP contribution in [0.4, 0.5) is 24.8 Å². The van der Waals surface area contributed by atoms with Crippen LogP contribution in [0, 0.1) is 0 Å². The molecule has 1 aromatic carbocycles. The van der Waals surface area contributed by atoms with E-state index in [0.29, 0.717) is 13.1 Å². The molecule has 134 valence electrons. The zero-order chi connectivity index (χ0) is 18.4. The van der Waals surface area contributed by atoms with Crippen LogP contribution in [0.2, 0.25) is 0 Å². The first-order valence-corrected chi connectivity index (χ1v) is 7.46. The van der Waals surface area contributed by atoms with E-state index in [0.717, 1.165) is 12.1 Å². The third kappa shape index (κ3) is 5.71. The Morgan fingerprint density at radius 2 is 2.00 bits per heavy atom. The van der Waals surface area contributed by atoms with Crippen molar-refractivity contribution in [2.75, 3.05) is 32.5 Å². The Labute approximate surface area is 143 Å². The molecule has 0 atom stereocenters. The summed E-state index contributed by atoms with van der Waals surface area (Å²) in [5, 5.41) is 5.38. The average molecular weight is 353 g/mol. The maximum Gasteiger partial charge on any atom is 0.416 e. The quantitative estimate of drug-likeness (QED) is 0.835. The summed E-state index contributed by atoms with van der Waals surface area (Å²) in [6.07, 6.45) is -3.07. The molecular weight excluding hydrogens is 335 g/mol. The largest absolute Gasteiger partial charge is 0.416 e. The minimum Gasteiger partial charge on any atom is -0.349 e. The first-order valence-electron chi connectivity index (χ1n) is 7.46. The van der Waals surface area contributed by atoms with Gasteiger partial charge in [-0.2, -0.15) is 13.2 Å². The second-order valence-electron chi connectivity index (χ2n) is 5.53. The molecule has 0 radical (unpaired) electrons. The molecule has 0 saturated carbocycles. The van der Waals surface area contributed by atoms with Gasteiger partial charge in [0.15, 0.2) is 0 Å². The topological polar surface area (TPSA) is 70.2 Å². The van der Waals surface area contributed by atoms with Crippen LogP contribution in [0.15, 0.2) is 36.5 Å². The van der Waals surface area contributed by atoms with Gasteiger partial charge in [-0.15, -0.1) is 0 Å². The van der Waals surface area contributed by atoms with Crippen LogP contribution in [-0.2, 0) is 6.18 Å². The Balaban J connectivity index is 2.08. The fraction of sp³-hybridized carbons (Fsp3) is 0.312. The number of nitrogens with one attached hydrogen (secondary N) is 2. The Morgan fingerprint density at radius 3 is 2.68 bits per heavy atom. The van der Waals surface area contributed by atoms with Gasteiger partial charge >= 0.3 is 6.18 Å². The van der Waals surface area contributed by atoms with Crippen molar-refractivity contribution in [3.63, 3.8) is 0 Å². The number of anilines is 2. The molecule has 25 heavy (non-hydrogen) atoms. The lowest BCUT2D eigenvalue weighted by molar-refractivity contribution is -0.137. The molecule has 0 aliphatic heterocycles. The lowest BCUT2D eigenvalue weighted by Crippen LogP contribution is -2.31. The molecule has 0 fully saturated rings. The predicted octanol–water partition coefficient (Wildman–Crippen LogP) is 2.53. The van der Waals surface area contributed by atoms with Crippen molar-refractivity contribution in [2.24, 2.45) is 0 Å². The average Bonchev–Trinajstić information content (AvgIpc) is 2.54. The van der Waals surface area contributed by atoms with Crippen molar-refractivity contribution in [3.05, 3.63) is 47.8 Å². The van der Waals surface area contributed by atoms with Crippen LogP contribution < -0.4 is 10.6 Å². The van der Waals surface area contributed by atoms with Gasteiger partial charge < -0.3 is 15.5 Å². The second-order valence-corrected chi connectivity index (χ2v) is 5.53. The maximum absolute atomic E-state index is 12.7. The Kier molecular flexibility index (Phi) is 5.92. The van der Waals surface area contributed by atoms with E-state index in [1.807, 2.05) is 19.0 Å². The molecular formula is C16H18F3N5O. The molecule has 1 aromatic heterocycles. The summed E-state index contributed by atoms with van der Waals surface area (Å²) in [6, 6.07) is 6.10. The number of carbonyl (C=O) groups excluding carboxylic acids is 1. The van der Waals surface area contributed by atoms with E-state index in [9.17, 15) is 18.0 Å². The van der Waals surface area contributed by atoms with Crippen LogP contribution in [-0.4, -0.2) is 48.0 Å². The minimum absolute atomic E-state index is 0.0413. The molecule has 0 aliphatic carbocycles. The smallest absolute Gasteiger partial charge is 0.349 e. The Hall–Kier alpha value is -2.68. The number of halogens is 3. The number of hydrogen-bond acceptors (Lipinski definition) is 5. The zero-order valence-electron chi connectivity index (χ0n) is 13.8. The van der Waals surface area contributed by atoms with Crippen molar-refractivity contribution >= 4 is 17.5 Å². The number of rotatable bonds is 6. The zero-order valence-corrected chi connectivity index (χ0v) is 13.8. The van der Waals surface area contributed by atoms with Crippen molar-refractivity contribution in [1.29, 1.82) is 0 Å². The van der Waals surface area contributed by atoms with Gasteiger partial charge in [0, 0.05) is 25.0 Å². The lowest BCUT2D eigenvalue weighted by atomic mass is 10.2. The SMILES string of the molecule is CN(C)CCNC(=O)c1ccnc(Nc2cccc(C(F)(F)F)c2)n1. The fourth-order valence-corrected chi connectivity index (χ4v) is 1.93. The summed E-state index contributed by atoms with van der Waals surface area (Å²) in [5.74, 6) is -0.337. The summed E-state index contributed by atoms with van der Waals surface area (Å²) in [5.41, 5.74) is -0.474. The van der Waals surface area contributed by atoms with Crippen LogP contribution in [0.25, 0.3) is 0 Å². The number of aromatic nitrogens is 2. The minimum atomic E-state index is -4.44. The van der Waals surface area contributed by atoms with Crippen molar-refractivity contribution in [1.82, 2.24) is 20.2 Å². The van der Waals surface area contributed by atoms with E-state index in [-0.39, 0.29) is 23.2 Å². The summed E-state index contributed by atoms with van der Waals surface area (Å²) < 4.78 is 38.2. The van der Waals surface area contributed by atoms with Gasteiger partial charge in [-0.05, 0) is 38.4 Å². The maximum atomic E-state index is 12.7. The highest BCUT2D eigenvalue weighted by atomic mass is 19.4. The third-order valence-corrected chi connectivity index (χ3v) is 3.18. The monoisotopic (exact) mass is 353 g/mol. The van der Waals surface area contributed by atoms with E-state index in [1.165, 1.54) is 24.4 Å². The number of carbonyl (C=O) groups is 1. The molecule has 0 aliphatic rings. The van der Waals surface area contributed by atoms with E-state index in [4.69, 9.17) is 0 Å². The molecule has 2 N–H and O–H groups in total. The highest BCUT2D eigenvalue weighted by Crippen LogP contribution is 2.31. The van der Waals surface area contributed by atoms with Crippen LogP contribution in [0.1, 0.15) is 16.1 Å². The van der Waals surface area contributed by atoms with Gasteiger partial charge in [0.1, 0.15) is 5.69 Å². The second kappa shape index (κ2) is 7.93. The van der Waals surface area contributed by atoms with Gasteiger partial charge in [0.2, 0.25) is 5.95 Å². The summed E-state index contributed by atoms with van der Waals surface area (Å²) in [4.78, 5) is 21.9. The third-order valence-electron chi connectivity index (χ3n) is 3.18. The van der Waals surface area contributed by atoms with E-state index in [1.54, 1.807) is 0 Å². The standard InChI is InChI=1S/C16H18F3N5O/c1-24(2)9-8-20-14(25)13-6-7-21-15(23-13)22-12-5-3-4-11(10-12)16(17,18)19/h3-7,10H,8-9H2,1-2H3,(H,20,25)(H,21,22,23). The summed E-state index contributed by atoms with van der Waals surface area (Å²) >= 11 is 0. The first kappa shape index (κ1) is 18.7. The Morgan fingerprint density at radius 1 is 1.24 bits per heavy atom. The predicted molar refractivity (Wildman–Crippen MR) is 87.6 cm³/mol. The van der Waals surface area contributed by atoms with Crippen LogP contribution in [0.5, 0.6) is 0 Å². The van der Waals surface area contributed by atoms with Gasteiger partial charge in [-0.1, -0.05) is 6.07 Å².